The molecule has 0 aliphatic carbocycles. The smallest absolute Gasteiger partial charge is 0.00644 e. The third-order valence-corrected chi connectivity index (χ3v) is 3.81. The SMILES string of the molecule is CC(CCCN)N(C)CCc1cccs1. The summed E-state index contributed by atoms with van der Waals surface area (Å²) in [6.45, 7) is 4.24. The van der Waals surface area contributed by atoms with Gasteiger partial charge in [0, 0.05) is 17.5 Å². The van der Waals surface area contributed by atoms with Crippen molar-refractivity contribution in [1.82, 2.24) is 4.90 Å². The Hall–Kier alpha value is -0.380. The molecule has 0 aromatic carbocycles. The zero-order valence-electron chi connectivity index (χ0n) is 9.78. The monoisotopic (exact) mass is 226 g/mol. The highest BCUT2D eigenvalue weighted by molar-refractivity contribution is 7.09. The van der Waals surface area contributed by atoms with Crippen molar-refractivity contribution < 1.29 is 0 Å². The Morgan fingerprint density at radius 1 is 1.53 bits per heavy atom. The molecule has 86 valence electrons. The molecule has 0 radical (unpaired) electrons. The molecule has 0 saturated carbocycles. The predicted molar refractivity (Wildman–Crippen MR) is 68.4 cm³/mol. The molecule has 1 heterocycles. The minimum atomic E-state index is 0.647. The summed E-state index contributed by atoms with van der Waals surface area (Å²) in [6, 6.07) is 4.98. The number of hydrogen-bond donors (Lipinski definition) is 1. The average Bonchev–Trinajstić information content (AvgIpc) is 2.75. The fourth-order valence-corrected chi connectivity index (χ4v) is 2.29. The molecule has 1 unspecified atom stereocenters. The third-order valence-electron chi connectivity index (χ3n) is 2.87. The van der Waals surface area contributed by atoms with E-state index >= 15 is 0 Å². The standard InChI is InChI=1S/C12H22N2S/c1-11(5-3-8-13)14(2)9-7-12-6-4-10-15-12/h4,6,10-11H,3,5,7-9,13H2,1-2H3. The number of thiophene rings is 1. The molecule has 3 heteroatoms. The van der Waals surface area contributed by atoms with Crippen LogP contribution in [0.15, 0.2) is 17.5 Å². The van der Waals surface area contributed by atoms with Crippen LogP contribution < -0.4 is 5.73 Å². The highest BCUT2D eigenvalue weighted by atomic mass is 32.1. The summed E-state index contributed by atoms with van der Waals surface area (Å²) in [6.07, 6.45) is 3.50. The lowest BCUT2D eigenvalue weighted by atomic mass is 10.1. The average molecular weight is 226 g/mol. The topological polar surface area (TPSA) is 29.3 Å². The maximum Gasteiger partial charge on any atom is 0.00644 e. The second-order valence-electron chi connectivity index (χ2n) is 4.09. The van der Waals surface area contributed by atoms with Gasteiger partial charge >= 0.3 is 0 Å². The Morgan fingerprint density at radius 3 is 2.93 bits per heavy atom. The van der Waals surface area contributed by atoms with Crippen molar-refractivity contribution >= 4 is 11.3 Å². The first-order valence-corrected chi connectivity index (χ1v) is 6.54. The minimum Gasteiger partial charge on any atom is -0.330 e. The van der Waals surface area contributed by atoms with Crippen LogP contribution in [0.4, 0.5) is 0 Å². The van der Waals surface area contributed by atoms with Crippen LogP contribution in [0.2, 0.25) is 0 Å². The molecule has 1 aromatic heterocycles. The quantitative estimate of drug-likeness (QED) is 0.773. The normalized spacial score (nSPS) is 13.3. The second-order valence-corrected chi connectivity index (χ2v) is 5.12. The molecule has 1 aromatic rings. The van der Waals surface area contributed by atoms with Crippen molar-refractivity contribution in [2.24, 2.45) is 5.73 Å². The lowest BCUT2D eigenvalue weighted by molar-refractivity contribution is 0.247. The van der Waals surface area contributed by atoms with E-state index in [4.69, 9.17) is 5.73 Å². The summed E-state index contributed by atoms with van der Waals surface area (Å²) in [5.74, 6) is 0. The number of likely N-dealkylation sites (N-methyl/N-ethyl adjacent to an activating group) is 1. The van der Waals surface area contributed by atoms with Gasteiger partial charge in [0.25, 0.3) is 0 Å². The molecule has 0 aliphatic rings. The van der Waals surface area contributed by atoms with Crippen molar-refractivity contribution in [3.05, 3.63) is 22.4 Å². The van der Waals surface area contributed by atoms with Crippen LogP contribution in [0.5, 0.6) is 0 Å². The van der Waals surface area contributed by atoms with E-state index in [2.05, 4.69) is 36.4 Å². The highest BCUT2D eigenvalue weighted by Gasteiger charge is 2.08. The van der Waals surface area contributed by atoms with E-state index in [1.807, 2.05) is 11.3 Å². The number of nitrogens with two attached hydrogens (primary N) is 1. The van der Waals surface area contributed by atoms with Crippen molar-refractivity contribution in [3.8, 4) is 0 Å². The number of rotatable bonds is 7. The maximum atomic E-state index is 5.51. The van der Waals surface area contributed by atoms with E-state index in [-0.39, 0.29) is 0 Å². The molecule has 0 amide bonds. The largest absolute Gasteiger partial charge is 0.330 e. The Morgan fingerprint density at radius 2 is 2.33 bits per heavy atom. The van der Waals surface area contributed by atoms with Gasteiger partial charge in [-0.3, -0.25) is 0 Å². The van der Waals surface area contributed by atoms with Crippen molar-refractivity contribution in [2.45, 2.75) is 32.2 Å². The van der Waals surface area contributed by atoms with Crippen LogP contribution in [0, 0.1) is 0 Å². The van der Waals surface area contributed by atoms with Gasteiger partial charge < -0.3 is 10.6 Å². The van der Waals surface area contributed by atoms with E-state index in [1.54, 1.807) is 0 Å². The zero-order valence-corrected chi connectivity index (χ0v) is 10.6. The Bertz CT molecular complexity index is 246. The third kappa shape index (κ3) is 4.78. The Balaban J connectivity index is 2.20. The lowest BCUT2D eigenvalue weighted by Gasteiger charge is -2.24. The van der Waals surface area contributed by atoms with Gasteiger partial charge in [-0.05, 0) is 51.2 Å². The van der Waals surface area contributed by atoms with Gasteiger partial charge in [-0.2, -0.15) is 0 Å². The van der Waals surface area contributed by atoms with Gasteiger partial charge in [0.15, 0.2) is 0 Å². The van der Waals surface area contributed by atoms with Crippen molar-refractivity contribution in [2.75, 3.05) is 20.1 Å². The molecule has 0 aliphatic heterocycles. The number of hydrogen-bond acceptors (Lipinski definition) is 3. The molecule has 0 spiro atoms. The number of nitrogens with zero attached hydrogens (tertiary/aromatic N) is 1. The molecule has 0 saturated heterocycles. The first-order valence-electron chi connectivity index (χ1n) is 5.66. The molecular formula is C12H22N2S. The molecule has 1 atom stereocenters. The Labute approximate surface area is 97.1 Å². The molecule has 0 fully saturated rings. The molecule has 2 N–H and O–H groups in total. The zero-order chi connectivity index (χ0) is 11.1. The minimum absolute atomic E-state index is 0.647. The molecular weight excluding hydrogens is 204 g/mol. The van der Waals surface area contributed by atoms with Crippen LogP contribution in [0.25, 0.3) is 0 Å². The van der Waals surface area contributed by atoms with Gasteiger partial charge in [0.05, 0.1) is 0 Å². The van der Waals surface area contributed by atoms with E-state index in [9.17, 15) is 0 Å². The summed E-state index contributed by atoms with van der Waals surface area (Å²) in [5.41, 5.74) is 5.51. The van der Waals surface area contributed by atoms with Gasteiger partial charge in [-0.1, -0.05) is 6.07 Å². The summed E-state index contributed by atoms with van der Waals surface area (Å²) < 4.78 is 0. The van der Waals surface area contributed by atoms with Gasteiger partial charge in [-0.15, -0.1) is 11.3 Å². The molecule has 2 nitrogen and oxygen atoms in total. The van der Waals surface area contributed by atoms with Crippen molar-refractivity contribution in [3.63, 3.8) is 0 Å². The predicted octanol–water partition coefficient (Wildman–Crippen LogP) is 2.35. The highest BCUT2D eigenvalue weighted by Crippen LogP contribution is 2.11. The summed E-state index contributed by atoms with van der Waals surface area (Å²) in [5, 5.41) is 2.15. The van der Waals surface area contributed by atoms with Gasteiger partial charge in [0.1, 0.15) is 0 Å². The maximum absolute atomic E-state index is 5.51. The van der Waals surface area contributed by atoms with Crippen LogP contribution >= 0.6 is 11.3 Å². The van der Waals surface area contributed by atoms with Crippen molar-refractivity contribution in [1.29, 1.82) is 0 Å². The lowest BCUT2D eigenvalue weighted by Crippen LogP contribution is -2.31. The summed E-state index contributed by atoms with van der Waals surface area (Å²) >= 11 is 1.85. The fourth-order valence-electron chi connectivity index (χ4n) is 1.60. The summed E-state index contributed by atoms with van der Waals surface area (Å²) in [7, 11) is 2.20. The fraction of sp³-hybridized carbons (Fsp3) is 0.667. The first kappa shape index (κ1) is 12.7. The molecule has 15 heavy (non-hydrogen) atoms. The molecule has 1 rings (SSSR count). The van der Waals surface area contributed by atoms with E-state index in [1.165, 1.54) is 17.7 Å². The van der Waals surface area contributed by atoms with E-state index < -0.39 is 0 Å². The van der Waals surface area contributed by atoms with Crippen LogP contribution in [-0.2, 0) is 6.42 Å². The van der Waals surface area contributed by atoms with Crippen LogP contribution in [0.3, 0.4) is 0 Å². The van der Waals surface area contributed by atoms with Gasteiger partial charge in [-0.25, -0.2) is 0 Å². The van der Waals surface area contributed by atoms with E-state index in [0.717, 1.165) is 19.5 Å². The molecule has 0 bridgehead atoms. The first-order chi connectivity index (χ1) is 7.24. The Kier molecular flexibility index (Phi) is 5.91. The van der Waals surface area contributed by atoms with E-state index in [0.29, 0.717) is 6.04 Å². The van der Waals surface area contributed by atoms with Crippen LogP contribution in [0.1, 0.15) is 24.6 Å². The second kappa shape index (κ2) is 6.99. The van der Waals surface area contributed by atoms with Crippen LogP contribution in [-0.4, -0.2) is 31.1 Å². The summed E-state index contributed by atoms with van der Waals surface area (Å²) in [4.78, 5) is 3.91. The van der Waals surface area contributed by atoms with Gasteiger partial charge in [0.2, 0.25) is 0 Å².